The van der Waals surface area contributed by atoms with Gasteiger partial charge in [0.25, 0.3) is 0 Å². The third kappa shape index (κ3) is 4.80. The van der Waals surface area contributed by atoms with Gasteiger partial charge >= 0.3 is 14.6 Å². The van der Waals surface area contributed by atoms with Gasteiger partial charge in [-0.05, 0) is 45.0 Å². The van der Waals surface area contributed by atoms with Gasteiger partial charge in [0.2, 0.25) is 0 Å². The number of hydrogen-bond donors (Lipinski definition) is 0. The van der Waals surface area contributed by atoms with Crippen LogP contribution in [0.4, 0.5) is 10.5 Å². The first-order valence-electron chi connectivity index (χ1n) is 8.49. The van der Waals surface area contributed by atoms with Gasteiger partial charge < -0.3 is 13.8 Å². The maximum absolute atomic E-state index is 12.5. The van der Waals surface area contributed by atoms with E-state index in [0.29, 0.717) is 13.2 Å². The molecule has 1 aliphatic heterocycles. The first-order chi connectivity index (χ1) is 11.1. The quantitative estimate of drug-likeness (QED) is 0.649. The molecule has 6 heteroatoms. The van der Waals surface area contributed by atoms with Crippen LogP contribution < -0.4 is 4.90 Å². The van der Waals surface area contributed by atoms with Crippen LogP contribution in [0.1, 0.15) is 20.3 Å². The lowest BCUT2D eigenvalue weighted by molar-refractivity contribution is 0.186. The predicted octanol–water partition coefficient (Wildman–Crippen LogP) is 3.46. The van der Waals surface area contributed by atoms with E-state index in [1.54, 1.807) is 0 Å². The Kier molecular flexibility index (Phi) is 6.62. The van der Waals surface area contributed by atoms with Crippen molar-refractivity contribution in [1.29, 1.82) is 0 Å². The minimum atomic E-state index is -2.08. The van der Waals surface area contributed by atoms with E-state index in [4.69, 9.17) is 8.85 Å². The van der Waals surface area contributed by atoms with Crippen molar-refractivity contribution in [3.63, 3.8) is 0 Å². The summed E-state index contributed by atoms with van der Waals surface area (Å²) < 4.78 is 11.7. The second-order valence-corrected chi connectivity index (χ2v) is 9.21. The highest BCUT2D eigenvalue weighted by Gasteiger charge is 2.32. The van der Waals surface area contributed by atoms with E-state index in [1.165, 1.54) is 0 Å². The number of urea groups is 1. The maximum Gasteiger partial charge on any atom is 0.334 e. The number of benzene rings is 1. The van der Waals surface area contributed by atoms with Crippen molar-refractivity contribution in [2.45, 2.75) is 32.9 Å². The zero-order chi connectivity index (χ0) is 16.7. The fraction of sp³-hybridized carbons (Fsp3) is 0.588. The van der Waals surface area contributed by atoms with Crippen LogP contribution in [0.3, 0.4) is 0 Å². The number of anilines is 1. The molecule has 0 bridgehead atoms. The lowest BCUT2D eigenvalue weighted by atomic mass is 10.3. The highest BCUT2D eigenvalue weighted by molar-refractivity contribution is 6.66. The second-order valence-electron chi connectivity index (χ2n) is 5.86. The summed E-state index contributed by atoms with van der Waals surface area (Å²) in [5, 5.41) is 0. The van der Waals surface area contributed by atoms with Gasteiger partial charge in [0, 0.05) is 38.5 Å². The van der Waals surface area contributed by atoms with Crippen LogP contribution in [-0.4, -0.2) is 52.3 Å². The summed E-state index contributed by atoms with van der Waals surface area (Å²) >= 11 is 0. The molecular weight excluding hydrogens is 308 g/mol. The molecule has 0 atom stereocenters. The Morgan fingerprint density at radius 1 is 1.09 bits per heavy atom. The van der Waals surface area contributed by atoms with Crippen molar-refractivity contribution in [2.75, 3.05) is 37.7 Å². The first-order valence-corrected chi connectivity index (χ1v) is 11.0. The summed E-state index contributed by atoms with van der Waals surface area (Å²) in [6.45, 7) is 9.81. The third-order valence-corrected chi connectivity index (χ3v) is 7.18. The fourth-order valence-electron chi connectivity index (χ4n) is 3.03. The Morgan fingerprint density at radius 3 is 2.35 bits per heavy atom. The van der Waals surface area contributed by atoms with Gasteiger partial charge in [-0.1, -0.05) is 18.2 Å². The lowest BCUT2D eigenvalue weighted by Gasteiger charge is -2.27. The van der Waals surface area contributed by atoms with E-state index in [1.807, 2.05) is 54.0 Å². The van der Waals surface area contributed by atoms with Crippen LogP contribution in [0, 0.1) is 0 Å². The number of para-hydroxylation sites is 1. The number of carbonyl (C=O) groups excluding carboxylic acids is 1. The average molecular weight is 337 g/mol. The molecule has 1 aromatic rings. The molecule has 1 saturated heterocycles. The number of carbonyl (C=O) groups is 1. The average Bonchev–Trinajstić information content (AvgIpc) is 2.90. The molecule has 0 unspecified atom stereocenters. The fourth-order valence-corrected chi connectivity index (χ4v) is 5.42. The molecule has 23 heavy (non-hydrogen) atoms. The Balaban J connectivity index is 1.84. The normalized spacial score (nSPS) is 15.5. The smallest absolute Gasteiger partial charge is 0.334 e. The molecule has 1 fully saturated rings. The summed E-state index contributed by atoms with van der Waals surface area (Å²) in [5.41, 5.74) is 0.975. The molecule has 0 aromatic heterocycles. The minimum Gasteiger partial charge on any atom is -0.395 e. The zero-order valence-electron chi connectivity index (χ0n) is 14.5. The monoisotopic (exact) mass is 336 g/mol. The highest BCUT2D eigenvalue weighted by Crippen LogP contribution is 2.21. The number of hydrogen-bond acceptors (Lipinski definition) is 3. The van der Waals surface area contributed by atoms with Crippen LogP contribution in [0.2, 0.25) is 12.6 Å². The van der Waals surface area contributed by atoms with Crippen molar-refractivity contribution in [3.8, 4) is 0 Å². The largest absolute Gasteiger partial charge is 0.395 e. The van der Waals surface area contributed by atoms with E-state index in [2.05, 4.69) is 6.55 Å². The standard InChI is InChI=1S/C17H28N2O3Si/c1-4-21-23(3,22-5-2)15-9-12-18-13-14-19(17(18)20)16-10-7-6-8-11-16/h6-8,10-11H,4-5,9,12-15H2,1-3H3. The number of nitrogens with zero attached hydrogens (tertiary/aromatic N) is 2. The van der Waals surface area contributed by atoms with E-state index < -0.39 is 8.56 Å². The van der Waals surface area contributed by atoms with Crippen LogP contribution in [0.15, 0.2) is 30.3 Å². The van der Waals surface area contributed by atoms with Crippen molar-refractivity contribution in [2.24, 2.45) is 0 Å². The van der Waals surface area contributed by atoms with Gasteiger partial charge in [0.05, 0.1) is 0 Å². The Morgan fingerprint density at radius 2 is 1.74 bits per heavy atom. The van der Waals surface area contributed by atoms with Crippen molar-refractivity contribution in [1.82, 2.24) is 4.90 Å². The summed E-state index contributed by atoms with van der Waals surface area (Å²) in [6.07, 6.45) is 0.928. The van der Waals surface area contributed by atoms with Crippen LogP contribution >= 0.6 is 0 Å². The molecule has 2 rings (SSSR count). The first kappa shape index (κ1) is 18.0. The minimum absolute atomic E-state index is 0.104. The van der Waals surface area contributed by atoms with Gasteiger partial charge in [-0.15, -0.1) is 0 Å². The van der Waals surface area contributed by atoms with E-state index >= 15 is 0 Å². The van der Waals surface area contributed by atoms with Crippen molar-refractivity contribution < 1.29 is 13.6 Å². The van der Waals surface area contributed by atoms with Crippen LogP contribution in [0.25, 0.3) is 0 Å². The molecule has 0 aliphatic carbocycles. The Bertz CT molecular complexity index is 492. The van der Waals surface area contributed by atoms with Crippen molar-refractivity contribution >= 4 is 20.3 Å². The molecule has 1 heterocycles. The number of amides is 2. The van der Waals surface area contributed by atoms with Crippen LogP contribution in [-0.2, 0) is 8.85 Å². The Labute approximate surface area is 140 Å². The SMILES string of the molecule is CCO[Si](C)(CCCN1CCN(c2ccccc2)C1=O)OCC. The highest BCUT2D eigenvalue weighted by atomic mass is 28.4. The third-order valence-electron chi connectivity index (χ3n) is 4.12. The van der Waals surface area contributed by atoms with Gasteiger partial charge in [-0.25, -0.2) is 4.79 Å². The van der Waals surface area contributed by atoms with Crippen molar-refractivity contribution in [3.05, 3.63) is 30.3 Å². The molecule has 0 N–H and O–H groups in total. The molecule has 1 aliphatic rings. The molecule has 0 saturated carbocycles. The summed E-state index contributed by atoms with van der Waals surface area (Å²) in [6, 6.07) is 10.9. The zero-order valence-corrected chi connectivity index (χ0v) is 15.5. The topological polar surface area (TPSA) is 42.0 Å². The van der Waals surface area contributed by atoms with E-state index in [0.717, 1.165) is 37.8 Å². The molecule has 2 amide bonds. The van der Waals surface area contributed by atoms with Gasteiger partial charge in [-0.3, -0.25) is 4.90 Å². The lowest BCUT2D eigenvalue weighted by Crippen LogP contribution is -2.40. The van der Waals surface area contributed by atoms with Gasteiger partial charge in [-0.2, -0.15) is 0 Å². The molecule has 0 radical (unpaired) electrons. The Hall–Kier alpha value is -1.37. The molecule has 5 nitrogen and oxygen atoms in total. The van der Waals surface area contributed by atoms with E-state index in [-0.39, 0.29) is 6.03 Å². The molecule has 1 aromatic carbocycles. The van der Waals surface area contributed by atoms with Gasteiger partial charge in [0.15, 0.2) is 0 Å². The molecule has 0 spiro atoms. The maximum atomic E-state index is 12.5. The number of rotatable bonds is 9. The second kappa shape index (κ2) is 8.47. The van der Waals surface area contributed by atoms with E-state index in [9.17, 15) is 4.79 Å². The molecular formula is C17H28N2O3Si. The summed E-state index contributed by atoms with van der Waals surface area (Å²) in [5.74, 6) is 0. The predicted molar refractivity (Wildman–Crippen MR) is 95.1 cm³/mol. The van der Waals surface area contributed by atoms with Crippen LogP contribution in [0.5, 0.6) is 0 Å². The van der Waals surface area contributed by atoms with Gasteiger partial charge in [0.1, 0.15) is 0 Å². The molecule has 128 valence electrons. The summed E-state index contributed by atoms with van der Waals surface area (Å²) in [4.78, 5) is 16.3. The summed E-state index contributed by atoms with van der Waals surface area (Å²) in [7, 11) is -2.08.